The summed E-state index contributed by atoms with van der Waals surface area (Å²) in [6.07, 6.45) is 7.18. The molecule has 0 unspecified atom stereocenters. The summed E-state index contributed by atoms with van der Waals surface area (Å²) in [5.41, 5.74) is 14.9. The second-order valence-electron chi connectivity index (χ2n) is 15.8. The summed E-state index contributed by atoms with van der Waals surface area (Å²) >= 11 is 0. The number of hydrogen-bond donors (Lipinski definition) is 0. The SMILES string of the molecule is c1ccc(-c2cccc(N(c3ccc(-c4ccc5c(c4)-c4ccccc4C54C5CC6CC(C5)CC4C6)cc3)c3cccc4ccccc34)c2)cc1. The van der Waals surface area contributed by atoms with Gasteiger partial charge in [0, 0.05) is 22.2 Å². The van der Waals surface area contributed by atoms with Gasteiger partial charge in [-0.15, -0.1) is 0 Å². The average Bonchev–Trinajstić information content (AvgIpc) is 3.48. The summed E-state index contributed by atoms with van der Waals surface area (Å²) in [7, 11) is 0. The van der Waals surface area contributed by atoms with E-state index in [2.05, 4.69) is 169 Å². The predicted molar refractivity (Wildman–Crippen MR) is 213 cm³/mol. The Morgan fingerprint density at radius 2 is 1.02 bits per heavy atom. The van der Waals surface area contributed by atoms with Gasteiger partial charge in [-0.1, -0.05) is 127 Å². The highest BCUT2D eigenvalue weighted by Gasteiger charge is 2.61. The number of fused-ring (bicyclic) bond motifs is 4. The van der Waals surface area contributed by atoms with E-state index in [1.54, 1.807) is 11.1 Å². The van der Waals surface area contributed by atoms with E-state index in [9.17, 15) is 0 Å². The van der Waals surface area contributed by atoms with Crippen LogP contribution in [0.1, 0.15) is 43.2 Å². The lowest BCUT2D eigenvalue weighted by Gasteiger charge is -2.61. The molecule has 0 aromatic heterocycles. The van der Waals surface area contributed by atoms with Crippen LogP contribution in [0.15, 0.2) is 164 Å². The Hall–Kier alpha value is -5.40. The molecule has 0 aliphatic heterocycles. The Morgan fingerprint density at radius 1 is 0.412 bits per heavy atom. The van der Waals surface area contributed by atoms with E-state index >= 15 is 0 Å². The third-order valence-corrected chi connectivity index (χ3v) is 13.2. The van der Waals surface area contributed by atoms with Gasteiger partial charge in [-0.05, 0) is 142 Å². The molecule has 4 saturated carbocycles. The first kappa shape index (κ1) is 29.3. The predicted octanol–water partition coefficient (Wildman–Crippen LogP) is 13.4. The molecule has 7 aromatic carbocycles. The van der Waals surface area contributed by atoms with Gasteiger partial charge < -0.3 is 4.90 Å². The third-order valence-electron chi connectivity index (χ3n) is 13.2. The minimum absolute atomic E-state index is 0.217. The van der Waals surface area contributed by atoms with Crippen LogP contribution < -0.4 is 4.90 Å². The van der Waals surface area contributed by atoms with Gasteiger partial charge in [0.1, 0.15) is 0 Å². The first-order valence-corrected chi connectivity index (χ1v) is 19.0. The zero-order valence-electron chi connectivity index (χ0n) is 28.9. The van der Waals surface area contributed by atoms with Gasteiger partial charge in [0.05, 0.1) is 5.69 Å². The third kappa shape index (κ3) is 4.40. The molecule has 1 heteroatoms. The fraction of sp³-hybridized carbons (Fsp3) is 0.200. The standard InChI is InChI=1S/C50H41N/c1-2-10-35(11-3-1)38-14-8-15-43(31-38)51(49-19-9-13-37-12-4-5-16-44(37)49)42-23-20-36(21-24-42)39-22-25-48-46(32-39)45-17-6-7-18-47(45)50(48)40-27-33-26-34(29-40)30-41(50)28-33/h1-25,31-34,40-41H,26-30H2. The van der Waals surface area contributed by atoms with E-state index in [0.717, 1.165) is 35.0 Å². The van der Waals surface area contributed by atoms with Gasteiger partial charge >= 0.3 is 0 Å². The summed E-state index contributed by atoms with van der Waals surface area (Å²) in [4.78, 5) is 2.42. The van der Waals surface area contributed by atoms with Crippen molar-refractivity contribution in [3.8, 4) is 33.4 Å². The summed E-state index contributed by atoms with van der Waals surface area (Å²) in [6.45, 7) is 0. The molecule has 0 radical (unpaired) electrons. The smallest absolute Gasteiger partial charge is 0.0540 e. The van der Waals surface area contributed by atoms with Crippen LogP contribution in [0.4, 0.5) is 17.1 Å². The zero-order valence-corrected chi connectivity index (χ0v) is 28.9. The van der Waals surface area contributed by atoms with Crippen molar-refractivity contribution >= 4 is 27.8 Å². The van der Waals surface area contributed by atoms with E-state index in [4.69, 9.17) is 0 Å². The maximum atomic E-state index is 2.54. The molecular formula is C50H41N. The summed E-state index contributed by atoms with van der Waals surface area (Å²) in [6, 6.07) is 61.2. The van der Waals surface area contributed by atoms with Crippen LogP contribution in [0.5, 0.6) is 0 Å². The molecule has 5 aliphatic carbocycles. The van der Waals surface area contributed by atoms with Crippen molar-refractivity contribution in [3.05, 3.63) is 175 Å². The highest BCUT2D eigenvalue weighted by atomic mass is 15.1. The van der Waals surface area contributed by atoms with E-state index in [0.29, 0.717) is 0 Å². The van der Waals surface area contributed by atoms with Crippen molar-refractivity contribution < 1.29 is 0 Å². The Labute approximate surface area is 301 Å². The maximum absolute atomic E-state index is 2.54. The first-order chi connectivity index (χ1) is 25.2. The van der Waals surface area contributed by atoms with Crippen molar-refractivity contribution in [1.29, 1.82) is 0 Å². The molecular weight excluding hydrogens is 615 g/mol. The van der Waals surface area contributed by atoms with Crippen LogP contribution in [0, 0.1) is 23.7 Å². The largest absolute Gasteiger partial charge is 0.310 e. The number of rotatable bonds is 5. The summed E-state index contributed by atoms with van der Waals surface area (Å²) in [5, 5.41) is 2.48. The minimum Gasteiger partial charge on any atom is -0.310 e. The monoisotopic (exact) mass is 655 g/mol. The Balaban J connectivity index is 1.01. The van der Waals surface area contributed by atoms with Gasteiger partial charge in [0.2, 0.25) is 0 Å². The van der Waals surface area contributed by atoms with Crippen LogP contribution in [0.2, 0.25) is 0 Å². The molecule has 0 atom stereocenters. The van der Waals surface area contributed by atoms with E-state index in [-0.39, 0.29) is 5.41 Å². The molecule has 7 aromatic rings. The van der Waals surface area contributed by atoms with Crippen molar-refractivity contribution in [3.63, 3.8) is 0 Å². The van der Waals surface area contributed by atoms with Gasteiger partial charge in [-0.3, -0.25) is 0 Å². The Bertz CT molecular complexity index is 2400. The summed E-state index contributed by atoms with van der Waals surface area (Å²) in [5.74, 6) is 3.51. The molecule has 0 saturated heterocycles. The highest BCUT2D eigenvalue weighted by molar-refractivity contribution is 5.99. The molecule has 0 N–H and O–H groups in total. The van der Waals surface area contributed by atoms with E-state index in [1.807, 2.05) is 0 Å². The lowest BCUT2D eigenvalue weighted by Crippen LogP contribution is -2.55. The van der Waals surface area contributed by atoms with E-state index in [1.165, 1.54) is 81.9 Å². The van der Waals surface area contributed by atoms with Gasteiger partial charge in [0.25, 0.3) is 0 Å². The van der Waals surface area contributed by atoms with Crippen molar-refractivity contribution in [2.75, 3.05) is 4.90 Å². The normalized spacial score (nSPS) is 23.8. The Morgan fingerprint density at radius 3 is 1.84 bits per heavy atom. The Kier molecular flexibility index (Phi) is 6.50. The van der Waals surface area contributed by atoms with E-state index < -0.39 is 0 Å². The van der Waals surface area contributed by atoms with Gasteiger partial charge in [-0.25, -0.2) is 0 Å². The van der Waals surface area contributed by atoms with Crippen molar-refractivity contribution in [2.45, 2.75) is 37.5 Å². The zero-order chi connectivity index (χ0) is 33.5. The van der Waals surface area contributed by atoms with Crippen LogP contribution in [-0.2, 0) is 5.41 Å². The fourth-order valence-corrected chi connectivity index (χ4v) is 11.4. The number of hydrogen-bond acceptors (Lipinski definition) is 1. The van der Waals surface area contributed by atoms with Crippen molar-refractivity contribution in [1.82, 2.24) is 0 Å². The molecule has 0 heterocycles. The lowest BCUT2D eigenvalue weighted by atomic mass is 9.43. The first-order valence-electron chi connectivity index (χ1n) is 19.0. The molecule has 51 heavy (non-hydrogen) atoms. The quantitative estimate of drug-likeness (QED) is 0.178. The summed E-state index contributed by atoms with van der Waals surface area (Å²) < 4.78 is 0. The second kappa shape index (κ2) is 11.3. The van der Waals surface area contributed by atoms with Crippen molar-refractivity contribution in [2.24, 2.45) is 23.7 Å². The second-order valence-corrected chi connectivity index (χ2v) is 15.8. The molecule has 5 aliphatic rings. The molecule has 0 amide bonds. The average molecular weight is 656 g/mol. The minimum atomic E-state index is 0.217. The molecule has 1 nitrogen and oxygen atoms in total. The number of nitrogens with zero attached hydrogens (tertiary/aromatic N) is 1. The molecule has 12 rings (SSSR count). The fourth-order valence-electron chi connectivity index (χ4n) is 11.4. The maximum Gasteiger partial charge on any atom is 0.0540 e. The van der Waals surface area contributed by atoms with Crippen LogP contribution in [0.25, 0.3) is 44.2 Å². The van der Waals surface area contributed by atoms with Crippen LogP contribution >= 0.6 is 0 Å². The number of anilines is 3. The molecule has 246 valence electrons. The molecule has 4 bridgehead atoms. The number of benzene rings is 7. The van der Waals surface area contributed by atoms with Gasteiger partial charge in [-0.2, -0.15) is 0 Å². The molecule has 4 fully saturated rings. The molecule has 1 spiro atoms. The lowest BCUT2D eigenvalue weighted by molar-refractivity contribution is -0.0399. The topological polar surface area (TPSA) is 3.24 Å². The van der Waals surface area contributed by atoms with Gasteiger partial charge in [0.15, 0.2) is 0 Å². The highest BCUT2D eigenvalue weighted by Crippen LogP contribution is 2.69. The van der Waals surface area contributed by atoms with Crippen LogP contribution in [-0.4, -0.2) is 0 Å². The van der Waals surface area contributed by atoms with Crippen LogP contribution in [0.3, 0.4) is 0 Å².